The van der Waals surface area contributed by atoms with Crippen molar-refractivity contribution >= 4 is 23.5 Å². The standard InChI is InChI=1S/C21H21FN2O4/c1-13-10-15-6-3-4-9-18(15)24(13)21(27)14(2)28-19(25)12-23-20(26)16-7-5-8-17(22)11-16/h3-9,11,13-14H,10,12H2,1-2H3,(H,23,26)/t13-,14-/m1/s1. The number of halogens is 1. The number of amides is 2. The van der Waals surface area contributed by atoms with E-state index in [0.717, 1.165) is 23.7 Å². The molecule has 2 amide bonds. The van der Waals surface area contributed by atoms with Gasteiger partial charge < -0.3 is 15.0 Å². The monoisotopic (exact) mass is 384 g/mol. The number of nitrogens with one attached hydrogen (secondary N) is 1. The van der Waals surface area contributed by atoms with E-state index in [4.69, 9.17) is 4.74 Å². The number of carbonyl (C=O) groups excluding carboxylic acids is 3. The summed E-state index contributed by atoms with van der Waals surface area (Å²) in [6.45, 7) is 3.02. The SMILES string of the molecule is C[C@@H]1Cc2ccccc2N1C(=O)[C@@H](C)OC(=O)CNC(=O)c1cccc(F)c1. The van der Waals surface area contributed by atoms with Gasteiger partial charge in [0, 0.05) is 17.3 Å². The van der Waals surface area contributed by atoms with Gasteiger partial charge in [-0.15, -0.1) is 0 Å². The molecule has 2 aromatic rings. The van der Waals surface area contributed by atoms with Crippen molar-refractivity contribution in [1.29, 1.82) is 0 Å². The Morgan fingerprint density at radius 2 is 1.96 bits per heavy atom. The van der Waals surface area contributed by atoms with Crippen LogP contribution < -0.4 is 10.2 Å². The maximum atomic E-state index is 13.2. The second-order valence-electron chi connectivity index (χ2n) is 6.72. The number of benzene rings is 2. The molecule has 1 aliphatic rings. The molecule has 7 heteroatoms. The van der Waals surface area contributed by atoms with Crippen LogP contribution in [0.5, 0.6) is 0 Å². The molecule has 0 radical (unpaired) electrons. The molecule has 2 aromatic carbocycles. The van der Waals surface area contributed by atoms with E-state index in [1.165, 1.54) is 25.1 Å². The summed E-state index contributed by atoms with van der Waals surface area (Å²) in [5.41, 5.74) is 1.99. The van der Waals surface area contributed by atoms with E-state index in [0.29, 0.717) is 0 Å². The molecular weight excluding hydrogens is 363 g/mol. The van der Waals surface area contributed by atoms with Crippen molar-refractivity contribution in [3.05, 3.63) is 65.5 Å². The Morgan fingerprint density at radius 3 is 2.71 bits per heavy atom. The largest absolute Gasteiger partial charge is 0.451 e. The molecule has 1 heterocycles. The summed E-state index contributed by atoms with van der Waals surface area (Å²) in [6.07, 6.45) is -0.251. The van der Waals surface area contributed by atoms with Crippen molar-refractivity contribution in [1.82, 2.24) is 5.32 Å². The van der Waals surface area contributed by atoms with E-state index in [1.807, 2.05) is 31.2 Å². The number of nitrogens with zero attached hydrogens (tertiary/aromatic N) is 1. The van der Waals surface area contributed by atoms with E-state index in [9.17, 15) is 18.8 Å². The maximum Gasteiger partial charge on any atom is 0.326 e. The number of hydrogen-bond acceptors (Lipinski definition) is 4. The molecule has 2 atom stereocenters. The van der Waals surface area contributed by atoms with Gasteiger partial charge in [0.05, 0.1) is 0 Å². The van der Waals surface area contributed by atoms with Crippen molar-refractivity contribution in [2.75, 3.05) is 11.4 Å². The van der Waals surface area contributed by atoms with Gasteiger partial charge in [0.1, 0.15) is 12.4 Å². The third-order valence-electron chi connectivity index (χ3n) is 4.58. The first-order chi connectivity index (χ1) is 13.4. The third-order valence-corrected chi connectivity index (χ3v) is 4.58. The van der Waals surface area contributed by atoms with Crippen LogP contribution in [0.15, 0.2) is 48.5 Å². The topological polar surface area (TPSA) is 75.7 Å². The molecular formula is C21H21FN2O4. The average Bonchev–Trinajstić information content (AvgIpc) is 3.01. The normalized spacial score (nSPS) is 16.2. The van der Waals surface area contributed by atoms with Gasteiger partial charge in [-0.05, 0) is 50.1 Å². The Labute approximate surface area is 162 Å². The van der Waals surface area contributed by atoms with E-state index in [1.54, 1.807) is 4.90 Å². The highest BCUT2D eigenvalue weighted by Gasteiger charge is 2.34. The lowest BCUT2D eigenvalue weighted by Crippen LogP contribution is -2.44. The molecule has 0 saturated carbocycles. The fraction of sp³-hybridized carbons (Fsp3) is 0.286. The Hall–Kier alpha value is -3.22. The average molecular weight is 384 g/mol. The molecule has 0 bridgehead atoms. The van der Waals surface area contributed by atoms with Crippen LogP contribution in [-0.4, -0.2) is 36.5 Å². The number of esters is 1. The summed E-state index contributed by atoms with van der Waals surface area (Å²) in [6, 6.07) is 12.7. The number of hydrogen-bond donors (Lipinski definition) is 1. The van der Waals surface area contributed by atoms with Gasteiger partial charge in [-0.25, -0.2) is 4.39 Å². The smallest absolute Gasteiger partial charge is 0.326 e. The van der Waals surface area contributed by atoms with Gasteiger partial charge in [-0.1, -0.05) is 24.3 Å². The summed E-state index contributed by atoms with van der Waals surface area (Å²) in [7, 11) is 0. The summed E-state index contributed by atoms with van der Waals surface area (Å²) in [5, 5.41) is 2.36. The van der Waals surface area contributed by atoms with Crippen LogP contribution in [0.2, 0.25) is 0 Å². The molecule has 0 saturated heterocycles. The summed E-state index contributed by atoms with van der Waals surface area (Å²) >= 11 is 0. The highest BCUT2D eigenvalue weighted by atomic mass is 19.1. The van der Waals surface area contributed by atoms with Gasteiger partial charge >= 0.3 is 5.97 Å². The van der Waals surface area contributed by atoms with Gasteiger partial charge in [0.15, 0.2) is 6.10 Å². The van der Waals surface area contributed by atoms with Crippen LogP contribution >= 0.6 is 0 Å². The molecule has 0 spiro atoms. The van der Waals surface area contributed by atoms with Crippen LogP contribution in [0, 0.1) is 5.82 Å². The fourth-order valence-corrected chi connectivity index (χ4v) is 3.27. The van der Waals surface area contributed by atoms with Crippen LogP contribution in [-0.2, 0) is 20.7 Å². The van der Waals surface area contributed by atoms with E-state index in [-0.39, 0.29) is 17.5 Å². The molecule has 28 heavy (non-hydrogen) atoms. The molecule has 1 aliphatic heterocycles. The zero-order valence-corrected chi connectivity index (χ0v) is 15.6. The second kappa shape index (κ2) is 8.21. The molecule has 146 valence electrons. The molecule has 0 unspecified atom stereocenters. The zero-order valence-electron chi connectivity index (χ0n) is 15.6. The van der Waals surface area contributed by atoms with Crippen molar-refractivity contribution in [3.63, 3.8) is 0 Å². The van der Waals surface area contributed by atoms with Gasteiger partial charge in [-0.2, -0.15) is 0 Å². The predicted octanol–water partition coefficient (Wildman–Crippen LogP) is 2.47. The minimum absolute atomic E-state index is 0.0290. The van der Waals surface area contributed by atoms with E-state index in [2.05, 4.69) is 5.32 Å². The minimum atomic E-state index is -0.993. The fourth-order valence-electron chi connectivity index (χ4n) is 3.27. The highest BCUT2D eigenvalue weighted by molar-refractivity contribution is 6.00. The molecule has 6 nitrogen and oxygen atoms in total. The van der Waals surface area contributed by atoms with Gasteiger partial charge in [-0.3, -0.25) is 14.4 Å². The Kier molecular flexibility index (Phi) is 5.73. The van der Waals surface area contributed by atoms with Crippen LogP contribution in [0.4, 0.5) is 10.1 Å². The Morgan fingerprint density at radius 1 is 1.21 bits per heavy atom. The first kappa shape index (κ1) is 19.5. The molecule has 0 aromatic heterocycles. The maximum absolute atomic E-state index is 13.2. The Balaban J connectivity index is 1.55. The zero-order chi connectivity index (χ0) is 20.3. The number of ether oxygens (including phenoxy) is 1. The number of para-hydroxylation sites is 1. The molecule has 0 fully saturated rings. The van der Waals surface area contributed by atoms with Crippen molar-refractivity contribution in [2.24, 2.45) is 0 Å². The lowest BCUT2D eigenvalue weighted by atomic mass is 10.1. The second-order valence-corrected chi connectivity index (χ2v) is 6.72. The molecule has 1 N–H and O–H groups in total. The third kappa shape index (κ3) is 4.19. The van der Waals surface area contributed by atoms with Crippen LogP contribution in [0.25, 0.3) is 0 Å². The number of carbonyl (C=O) groups is 3. The van der Waals surface area contributed by atoms with Crippen molar-refractivity contribution in [3.8, 4) is 0 Å². The van der Waals surface area contributed by atoms with E-state index >= 15 is 0 Å². The number of rotatable bonds is 5. The van der Waals surface area contributed by atoms with Crippen molar-refractivity contribution < 1.29 is 23.5 Å². The van der Waals surface area contributed by atoms with Gasteiger partial charge in [0.25, 0.3) is 11.8 Å². The van der Waals surface area contributed by atoms with Crippen LogP contribution in [0.3, 0.4) is 0 Å². The lowest BCUT2D eigenvalue weighted by molar-refractivity contribution is -0.152. The Bertz CT molecular complexity index is 915. The number of anilines is 1. The first-order valence-corrected chi connectivity index (χ1v) is 9.01. The summed E-state index contributed by atoms with van der Waals surface area (Å²) in [4.78, 5) is 38.4. The highest BCUT2D eigenvalue weighted by Crippen LogP contribution is 2.32. The minimum Gasteiger partial charge on any atom is -0.451 e. The van der Waals surface area contributed by atoms with Gasteiger partial charge in [0.2, 0.25) is 0 Å². The lowest BCUT2D eigenvalue weighted by Gasteiger charge is -2.26. The summed E-state index contributed by atoms with van der Waals surface area (Å²) in [5.74, 6) is -2.21. The quantitative estimate of drug-likeness (QED) is 0.804. The van der Waals surface area contributed by atoms with E-state index < -0.39 is 30.3 Å². The number of fused-ring (bicyclic) bond motifs is 1. The first-order valence-electron chi connectivity index (χ1n) is 9.01. The summed E-state index contributed by atoms with van der Waals surface area (Å²) < 4.78 is 18.3. The predicted molar refractivity (Wildman–Crippen MR) is 101 cm³/mol. The molecule has 3 rings (SSSR count). The molecule has 0 aliphatic carbocycles. The van der Waals surface area contributed by atoms with Crippen molar-refractivity contribution in [2.45, 2.75) is 32.4 Å². The van der Waals surface area contributed by atoms with Crippen LogP contribution in [0.1, 0.15) is 29.8 Å².